The zero-order chi connectivity index (χ0) is 14.3. The van der Waals surface area contributed by atoms with E-state index in [4.69, 9.17) is 0 Å². The molecular weight excluding hydrogens is 360 g/mol. The molecule has 1 aliphatic heterocycles. The number of hydrogen-bond donors (Lipinski definition) is 1. The van der Waals surface area contributed by atoms with Crippen LogP contribution in [0.5, 0.6) is 0 Å². The number of halogens is 1. The van der Waals surface area contributed by atoms with Crippen LogP contribution in [0.3, 0.4) is 0 Å². The molecule has 2 aromatic rings. The van der Waals surface area contributed by atoms with Crippen LogP contribution in [-0.2, 0) is 16.9 Å². The minimum absolute atomic E-state index is 0.202. The van der Waals surface area contributed by atoms with Crippen molar-refractivity contribution in [1.29, 1.82) is 0 Å². The van der Waals surface area contributed by atoms with Crippen molar-refractivity contribution >= 4 is 50.5 Å². The van der Waals surface area contributed by atoms with Gasteiger partial charge >= 0.3 is 6.03 Å². The van der Waals surface area contributed by atoms with Gasteiger partial charge in [-0.3, -0.25) is 9.69 Å². The highest BCUT2D eigenvalue weighted by molar-refractivity contribution is 9.11. The van der Waals surface area contributed by atoms with E-state index >= 15 is 0 Å². The van der Waals surface area contributed by atoms with Crippen molar-refractivity contribution in [3.8, 4) is 0 Å². The molecule has 0 saturated carbocycles. The summed E-state index contributed by atoms with van der Waals surface area (Å²) in [5.41, 5.74) is -0.000740. The molecule has 20 heavy (non-hydrogen) atoms. The molecule has 4 nitrogen and oxygen atoms in total. The summed E-state index contributed by atoms with van der Waals surface area (Å²) in [5, 5.41) is 6.64. The van der Waals surface area contributed by atoms with E-state index in [0.717, 1.165) is 14.2 Å². The van der Waals surface area contributed by atoms with Gasteiger partial charge in [0.05, 0.1) is 10.3 Å². The second-order valence-electron chi connectivity index (χ2n) is 4.68. The first-order chi connectivity index (χ1) is 9.50. The summed E-state index contributed by atoms with van der Waals surface area (Å²) in [6.45, 7) is 2.05. The minimum atomic E-state index is -0.946. The number of imide groups is 1. The molecule has 1 N–H and O–H groups in total. The van der Waals surface area contributed by atoms with Gasteiger partial charge in [-0.1, -0.05) is 6.07 Å². The first-order valence-electron chi connectivity index (χ1n) is 5.92. The maximum Gasteiger partial charge on any atom is 0.325 e. The molecule has 0 spiro atoms. The van der Waals surface area contributed by atoms with E-state index in [1.165, 1.54) is 27.6 Å². The Morgan fingerprint density at radius 2 is 2.20 bits per heavy atom. The Labute approximate surface area is 132 Å². The number of hydrogen-bond acceptors (Lipinski definition) is 4. The quantitative estimate of drug-likeness (QED) is 0.839. The number of nitrogens with one attached hydrogen (secondary N) is 1. The normalized spacial score (nSPS) is 22.4. The minimum Gasteiger partial charge on any atom is -0.319 e. The summed E-state index contributed by atoms with van der Waals surface area (Å²) >= 11 is 6.39. The number of rotatable bonds is 3. The Hall–Kier alpha value is -1.18. The Kier molecular flexibility index (Phi) is 3.43. The number of nitrogens with zero attached hydrogens (tertiary/aromatic N) is 1. The Bertz CT molecular complexity index is 668. The Balaban J connectivity index is 1.87. The van der Waals surface area contributed by atoms with Crippen LogP contribution in [0.2, 0.25) is 0 Å². The number of urea groups is 1. The average molecular weight is 371 g/mol. The van der Waals surface area contributed by atoms with Gasteiger partial charge in [0.2, 0.25) is 0 Å². The molecule has 1 atom stereocenters. The van der Waals surface area contributed by atoms with Crippen LogP contribution in [0.15, 0.2) is 32.7 Å². The lowest BCUT2D eigenvalue weighted by Crippen LogP contribution is -2.40. The van der Waals surface area contributed by atoms with Crippen molar-refractivity contribution in [3.05, 3.63) is 43.2 Å². The van der Waals surface area contributed by atoms with Gasteiger partial charge in [0.1, 0.15) is 0 Å². The highest BCUT2D eigenvalue weighted by atomic mass is 79.9. The first kappa shape index (κ1) is 13.8. The lowest BCUT2D eigenvalue weighted by Gasteiger charge is -2.19. The van der Waals surface area contributed by atoms with E-state index in [9.17, 15) is 9.59 Å². The Morgan fingerprint density at radius 1 is 1.40 bits per heavy atom. The molecular formula is C13H11BrN2O2S2. The van der Waals surface area contributed by atoms with E-state index in [1.54, 1.807) is 6.92 Å². The lowest BCUT2D eigenvalue weighted by atomic mass is 10.0. The Morgan fingerprint density at radius 3 is 2.80 bits per heavy atom. The van der Waals surface area contributed by atoms with Crippen LogP contribution in [0.1, 0.15) is 17.4 Å². The van der Waals surface area contributed by atoms with Gasteiger partial charge < -0.3 is 5.32 Å². The molecule has 104 valence electrons. The summed E-state index contributed by atoms with van der Waals surface area (Å²) < 4.78 is 0.987. The fourth-order valence-corrected chi connectivity index (χ4v) is 4.22. The van der Waals surface area contributed by atoms with Gasteiger partial charge in [-0.15, -0.1) is 22.7 Å². The van der Waals surface area contributed by atoms with Gasteiger partial charge in [0, 0.05) is 4.88 Å². The van der Waals surface area contributed by atoms with E-state index in [-0.39, 0.29) is 11.9 Å². The molecule has 1 fully saturated rings. The molecule has 7 heteroatoms. The van der Waals surface area contributed by atoms with E-state index in [2.05, 4.69) is 21.2 Å². The summed E-state index contributed by atoms with van der Waals surface area (Å²) in [7, 11) is 0. The molecule has 2 aromatic heterocycles. The van der Waals surface area contributed by atoms with Gasteiger partial charge in [0.15, 0.2) is 5.54 Å². The van der Waals surface area contributed by atoms with E-state index < -0.39 is 5.54 Å². The van der Waals surface area contributed by atoms with Gasteiger partial charge in [-0.25, -0.2) is 4.79 Å². The second kappa shape index (κ2) is 4.98. The average Bonchev–Trinajstić information content (AvgIpc) is 3.09. The molecule has 0 unspecified atom stereocenters. The summed E-state index contributed by atoms with van der Waals surface area (Å²) in [6.07, 6.45) is 0. The zero-order valence-corrected chi connectivity index (χ0v) is 13.8. The van der Waals surface area contributed by atoms with Crippen LogP contribution in [0.25, 0.3) is 0 Å². The first-order valence-corrected chi connectivity index (χ1v) is 8.47. The fourth-order valence-electron chi connectivity index (χ4n) is 2.18. The highest BCUT2D eigenvalue weighted by Crippen LogP contribution is 2.33. The van der Waals surface area contributed by atoms with Gasteiger partial charge in [0.25, 0.3) is 5.91 Å². The zero-order valence-electron chi connectivity index (χ0n) is 10.6. The van der Waals surface area contributed by atoms with E-state index in [0.29, 0.717) is 6.54 Å². The predicted octanol–water partition coefficient (Wildman–Crippen LogP) is 3.54. The SMILES string of the molecule is C[C@@]1(c2cccs2)NC(=O)N(Cc2csc(Br)c2)C1=O. The third kappa shape index (κ3) is 2.19. The molecule has 0 radical (unpaired) electrons. The second-order valence-corrected chi connectivity index (χ2v) is 7.92. The maximum absolute atomic E-state index is 12.6. The van der Waals surface area contributed by atoms with Crippen molar-refractivity contribution in [2.45, 2.75) is 19.0 Å². The van der Waals surface area contributed by atoms with Crippen molar-refractivity contribution in [1.82, 2.24) is 10.2 Å². The third-order valence-corrected chi connectivity index (χ3v) is 5.90. The molecule has 3 rings (SSSR count). The number of thiophene rings is 2. The molecule has 1 aliphatic rings. The number of carbonyl (C=O) groups excluding carboxylic acids is 2. The molecule has 3 heterocycles. The van der Waals surface area contributed by atoms with Crippen LogP contribution in [-0.4, -0.2) is 16.8 Å². The highest BCUT2D eigenvalue weighted by Gasteiger charge is 2.49. The van der Waals surface area contributed by atoms with Crippen molar-refractivity contribution < 1.29 is 9.59 Å². The van der Waals surface area contributed by atoms with Crippen molar-refractivity contribution in [2.75, 3.05) is 0 Å². The van der Waals surface area contributed by atoms with Gasteiger partial charge in [-0.05, 0) is 51.3 Å². The molecule has 3 amide bonds. The summed E-state index contributed by atoms with van der Waals surface area (Å²) in [5.74, 6) is -0.202. The molecule has 1 saturated heterocycles. The van der Waals surface area contributed by atoms with E-state index in [1.807, 2.05) is 29.0 Å². The van der Waals surface area contributed by atoms with Crippen LogP contribution in [0.4, 0.5) is 4.79 Å². The molecule has 0 aliphatic carbocycles. The molecule has 0 bridgehead atoms. The fraction of sp³-hybridized carbons (Fsp3) is 0.231. The van der Waals surface area contributed by atoms with Crippen LogP contribution < -0.4 is 5.32 Å². The standard InChI is InChI=1S/C13H11BrN2O2S2/c1-13(9-3-2-4-19-9)11(17)16(12(18)15-13)6-8-5-10(14)20-7-8/h2-5,7H,6H2,1H3,(H,15,18)/t13-/m0/s1. The van der Waals surface area contributed by atoms with Crippen LogP contribution >= 0.6 is 38.6 Å². The van der Waals surface area contributed by atoms with Crippen molar-refractivity contribution in [3.63, 3.8) is 0 Å². The lowest BCUT2D eigenvalue weighted by molar-refractivity contribution is -0.131. The summed E-state index contributed by atoms with van der Waals surface area (Å²) in [6, 6.07) is 5.33. The predicted molar refractivity (Wildman–Crippen MR) is 82.8 cm³/mol. The molecule has 0 aromatic carbocycles. The van der Waals surface area contributed by atoms with Gasteiger partial charge in [-0.2, -0.15) is 0 Å². The number of amides is 3. The largest absolute Gasteiger partial charge is 0.325 e. The van der Waals surface area contributed by atoms with Crippen LogP contribution in [0, 0.1) is 0 Å². The smallest absolute Gasteiger partial charge is 0.319 e. The monoisotopic (exact) mass is 370 g/mol. The topological polar surface area (TPSA) is 49.4 Å². The third-order valence-electron chi connectivity index (χ3n) is 3.25. The van der Waals surface area contributed by atoms with Crippen molar-refractivity contribution in [2.24, 2.45) is 0 Å². The number of carbonyl (C=O) groups is 2. The summed E-state index contributed by atoms with van der Waals surface area (Å²) in [4.78, 5) is 26.8. The maximum atomic E-state index is 12.6.